The molecule has 1 N–H and O–H groups in total. The lowest BCUT2D eigenvalue weighted by molar-refractivity contribution is -0.123. The van der Waals surface area contributed by atoms with E-state index < -0.39 is 17.7 Å². The van der Waals surface area contributed by atoms with Crippen molar-refractivity contribution in [3.63, 3.8) is 0 Å². The van der Waals surface area contributed by atoms with Crippen LogP contribution in [0.1, 0.15) is 15.9 Å². The third-order valence-electron chi connectivity index (χ3n) is 4.02. The van der Waals surface area contributed by atoms with Crippen LogP contribution in [0.25, 0.3) is 0 Å². The van der Waals surface area contributed by atoms with Crippen molar-refractivity contribution in [2.75, 3.05) is 13.7 Å². The maximum atomic E-state index is 13.6. The molecule has 0 spiro atoms. The molecule has 3 aromatic carbocycles. The highest BCUT2D eigenvalue weighted by molar-refractivity contribution is 5.91. The summed E-state index contributed by atoms with van der Waals surface area (Å²) < 4.78 is 29.2. The van der Waals surface area contributed by atoms with Crippen LogP contribution >= 0.6 is 0 Å². The minimum Gasteiger partial charge on any atom is -0.497 e. The zero-order chi connectivity index (χ0) is 22.1. The molecule has 158 valence electrons. The molecule has 0 fully saturated rings. The Bertz CT molecular complexity index is 1070. The zero-order valence-electron chi connectivity index (χ0n) is 16.6. The summed E-state index contributed by atoms with van der Waals surface area (Å²) in [5.41, 5.74) is 2.86. The molecule has 31 heavy (non-hydrogen) atoms. The van der Waals surface area contributed by atoms with Gasteiger partial charge in [0.2, 0.25) is 0 Å². The van der Waals surface area contributed by atoms with Crippen LogP contribution in [-0.4, -0.2) is 31.8 Å². The number of esters is 1. The highest BCUT2D eigenvalue weighted by Crippen LogP contribution is 2.17. The first-order valence-electron chi connectivity index (χ1n) is 9.20. The average molecular weight is 422 g/mol. The molecular weight excluding hydrogens is 403 g/mol. The van der Waals surface area contributed by atoms with Crippen LogP contribution in [0, 0.1) is 5.82 Å². The van der Waals surface area contributed by atoms with E-state index in [-0.39, 0.29) is 17.9 Å². The fraction of sp³-hybridized carbons (Fsp3) is 0.0870. The second kappa shape index (κ2) is 10.5. The summed E-state index contributed by atoms with van der Waals surface area (Å²) >= 11 is 0. The van der Waals surface area contributed by atoms with Crippen molar-refractivity contribution in [2.24, 2.45) is 5.10 Å². The van der Waals surface area contributed by atoms with Crippen molar-refractivity contribution in [3.8, 4) is 17.2 Å². The normalized spacial score (nSPS) is 10.5. The standard InChI is InChI=1S/C23H19FN2O5/c1-29-17-10-12-18(13-11-17)30-15-22(27)26-25-14-16-6-8-19(9-7-16)31-23(28)20-4-2-3-5-21(20)24/h2-14H,15H2,1H3,(H,26,27)/b25-14+. The van der Waals surface area contributed by atoms with Crippen LogP contribution in [0.2, 0.25) is 0 Å². The lowest BCUT2D eigenvalue weighted by atomic mass is 10.2. The molecule has 0 aliphatic rings. The Kier molecular flexibility index (Phi) is 7.31. The fourth-order valence-corrected chi connectivity index (χ4v) is 2.44. The number of hydrazone groups is 1. The van der Waals surface area contributed by atoms with Gasteiger partial charge in [0.05, 0.1) is 18.9 Å². The number of rotatable bonds is 8. The van der Waals surface area contributed by atoms with Crippen LogP contribution < -0.4 is 19.6 Å². The molecule has 0 atom stereocenters. The van der Waals surface area contributed by atoms with Crippen LogP contribution in [0.5, 0.6) is 17.2 Å². The molecule has 0 bridgehead atoms. The van der Waals surface area contributed by atoms with Gasteiger partial charge in [-0.05, 0) is 66.2 Å². The molecule has 0 radical (unpaired) electrons. The number of nitrogens with zero attached hydrogens (tertiary/aromatic N) is 1. The van der Waals surface area contributed by atoms with E-state index in [0.29, 0.717) is 17.1 Å². The first kappa shape index (κ1) is 21.5. The van der Waals surface area contributed by atoms with Crippen LogP contribution in [-0.2, 0) is 4.79 Å². The van der Waals surface area contributed by atoms with Crippen LogP contribution in [0.4, 0.5) is 4.39 Å². The van der Waals surface area contributed by atoms with Crippen LogP contribution in [0.3, 0.4) is 0 Å². The van der Waals surface area contributed by atoms with E-state index in [0.717, 1.165) is 0 Å². The maximum Gasteiger partial charge on any atom is 0.346 e. The first-order valence-corrected chi connectivity index (χ1v) is 9.20. The number of halogens is 1. The summed E-state index contributed by atoms with van der Waals surface area (Å²) in [6.45, 7) is -0.200. The molecule has 0 saturated carbocycles. The largest absolute Gasteiger partial charge is 0.497 e. The van der Waals surface area contributed by atoms with Gasteiger partial charge in [-0.3, -0.25) is 4.79 Å². The zero-order valence-corrected chi connectivity index (χ0v) is 16.6. The van der Waals surface area contributed by atoms with Gasteiger partial charge in [0.1, 0.15) is 23.1 Å². The van der Waals surface area contributed by atoms with Gasteiger partial charge in [-0.15, -0.1) is 0 Å². The minimum absolute atomic E-state index is 0.146. The average Bonchev–Trinajstić information content (AvgIpc) is 2.79. The van der Waals surface area contributed by atoms with Gasteiger partial charge in [0, 0.05) is 0 Å². The Labute approximate surface area is 178 Å². The number of nitrogens with one attached hydrogen (secondary N) is 1. The molecule has 7 nitrogen and oxygen atoms in total. The molecule has 0 saturated heterocycles. The second-order valence-corrected chi connectivity index (χ2v) is 6.20. The summed E-state index contributed by atoms with van der Waals surface area (Å²) in [5.74, 6) is -0.397. The molecule has 0 unspecified atom stereocenters. The summed E-state index contributed by atoms with van der Waals surface area (Å²) in [6.07, 6.45) is 1.42. The summed E-state index contributed by atoms with van der Waals surface area (Å²) in [5, 5.41) is 3.85. The van der Waals surface area contributed by atoms with Gasteiger partial charge in [0.25, 0.3) is 5.91 Å². The molecule has 1 amide bonds. The number of carbonyl (C=O) groups excluding carboxylic acids is 2. The number of methoxy groups -OCH3 is 1. The Hall–Kier alpha value is -4.20. The van der Waals surface area contributed by atoms with E-state index >= 15 is 0 Å². The summed E-state index contributed by atoms with van der Waals surface area (Å²) in [6, 6.07) is 18.7. The van der Waals surface area contributed by atoms with Gasteiger partial charge in [-0.1, -0.05) is 12.1 Å². The van der Waals surface area contributed by atoms with Crippen LogP contribution in [0.15, 0.2) is 77.9 Å². The molecule has 3 rings (SSSR count). The predicted molar refractivity (Wildman–Crippen MR) is 112 cm³/mol. The Morgan fingerprint density at radius 1 is 0.935 bits per heavy atom. The van der Waals surface area contributed by atoms with Crippen molar-refractivity contribution in [2.45, 2.75) is 0 Å². The maximum absolute atomic E-state index is 13.6. The van der Waals surface area contributed by atoms with Crippen molar-refractivity contribution >= 4 is 18.1 Å². The minimum atomic E-state index is -0.788. The third-order valence-corrected chi connectivity index (χ3v) is 4.02. The molecular formula is C23H19FN2O5. The van der Waals surface area contributed by atoms with Gasteiger partial charge in [0.15, 0.2) is 6.61 Å². The predicted octanol–water partition coefficient (Wildman–Crippen LogP) is 3.58. The first-order chi connectivity index (χ1) is 15.0. The smallest absolute Gasteiger partial charge is 0.346 e. The molecule has 0 aliphatic carbocycles. The van der Waals surface area contributed by atoms with Crippen molar-refractivity contribution in [1.29, 1.82) is 0 Å². The van der Waals surface area contributed by atoms with E-state index in [2.05, 4.69) is 10.5 Å². The van der Waals surface area contributed by atoms with Gasteiger partial charge < -0.3 is 14.2 Å². The molecule has 0 aromatic heterocycles. The lowest BCUT2D eigenvalue weighted by Crippen LogP contribution is -2.24. The topological polar surface area (TPSA) is 86.2 Å². The number of amides is 1. The SMILES string of the molecule is COc1ccc(OCC(=O)N/N=C/c2ccc(OC(=O)c3ccccc3F)cc2)cc1. The fourth-order valence-electron chi connectivity index (χ4n) is 2.44. The highest BCUT2D eigenvalue weighted by Gasteiger charge is 2.13. The van der Waals surface area contributed by atoms with Gasteiger partial charge in [-0.25, -0.2) is 14.6 Å². The quantitative estimate of drug-likeness (QED) is 0.260. The molecule has 0 heterocycles. The van der Waals surface area contributed by atoms with Gasteiger partial charge >= 0.3 is 5.97 Å². The summed E-state index contributed by atoms with van der Waals surface area (Å²) in [7, 11) is 1.56. The Morgan fingerprint density at radius 3 is 2.26 bits per heavy atom. The lowest BCUT2D eigenvalue weighted by Gasteiger charge is -2.06. The Balaban J connectivity index is 1.46. The highest BCUT2D eigenvalue weighted by atomic mass is 19.1. The number of benzene rings is 3. The molecule has 0 aliphatic heterocycles. The Morgan fingerprint density at radius 2 is 1.58 bits per heavy atom. The monoisotopic (exact) mass is 422 g/mol. The van der Waals surface area contributed by atoms with Gasteiger partial charge in [-0.2, -0.15) is 5.10 Å². The van der Waals surface area contributed by atoms with Crippen molar-refractivity contribution < 1.29 is 28.2 Å². The number of hydrogen-bond donors (Lipinski definition) is 1. The number of carbonyl (C=O) groups is 2. The number of ether oxygens (including phenoxy) is 3. The van der Waals surface area contributed by atoms with E-state index in [4.69, 9.17) is 14.2 Å². The third kappa shape index (κ3) is 6.40. The van der Waals surface area contributed by atoms with E-state index in [9.17, 15) is 14.0 Å². The van der Waals surface area contributed by atoms with E-state index in [1.165, 1.54) is 36.5 Å². The molecule has 3 aromatic rings. The summed E-state index contributed by atoms with van der Waals surface area (Å²) in [4.78, 5) is 23.8. The number of hydrogen-bond acceptors (Lipinski definition) is 6. The second-order valence-electron chi connectivity index (χ2n) is 6.20. The van der Waals surface area contributed by atoms with Crippen molar-refractivity contribution in [1.82, 2.24) is 5.43 Å². The van der Waals surface area contributed by atoms with E-state index in [1.807, 2.05) is 0 Å². The molecule has 8 heteroatoms. The van der Waals surface area contributed by atoms with Crippen molar-refractivity contribution in [3.05, 3.63) is 89.7 Å². The van der Waals surface area contributed by atoms with E-state index in [1.54, 1.807) is 49.6 Å².